The largest absolute Gasteiger partial charge is 0.386 e. The van der Waals surface area contributed by atoms with Crippen molar-refractivity contribution in [1.82, 2.24) is 29.7 Å². The molecule has 1 saturated heterocycles. The molecule has 1 atom stereocenters. The smallest absolute Gasteiger partial charge is 0.153 e. The number of benzene rings is 1. The number of hydrogen-bond donors (Lipinski definition) is 1. The molecular weight excluding hydrogens is 487 g/mol. The van der Waals surface area contributed by atoms with E-state index in [-0.39, 0.29) is 22.7 Å². The third-order valence-corrected chi connectivity index (χ3v) is 7.44. The van der Waals surface area contributed by atoms with Crippen LogP contribution in [0.15, 0.2) is 35.0 Å². The SMILES string of the molecule is [2H]C([2H])([2H])c1nnn(C)c1-c1cnc2c3ccc(C(C)(C)O)c(F)c3n([C@H](c3cc(C)on3)C3CCOCC3)c2c1. The van der Waals surface area contributed by atoms with E-state index in [1.165, 1.54) is 4.68 Å². The molecule has 4 aromatic heterocycles. The summed E-state index contributed by atoms with van der Waals surface area (Å²) in [6.07, 6.45) is 2.99. The summed E-state index contributed by atoms with van der Waals surface area (Å²) < 4.78 is 55.0. The monoisotopic (exact) mass is 521 g/mol. The Labute approximate surface area is 223 Å². The van der Waals surface area contributed by atoms with Crippen LogP contribution < -0.4 is 0 Å². The van der Waals surface area contributed by atoms with Gasteiger partial charge in [0.1, 0.15) is 11.5 Å². The van der Waals surface area contributed by atoms with Gasteiger partial charge < -0.3 is 18.9 Å². The van der Waals surface area contributed by atoms with Crippen LogP contribution in [0, 0.1) is 25.5 Å². The Morgan fingerprint density at radius 1 is 1.24 bits per heavy atom. The maximum absolute atomic E-state index is 16.6. The third kappa shape index (κ3) is 3.90. The fraction of sp³-hybridized carbons (Fsp3) is 0.429. The van der Waals surface area contributed by atoms with Gasteiger partial charge in [0.2, 0.25) is 0 Å². The lowest BCUT2D eigenvalue weighted by Crippen LogP contribution is -2.27. The van der Waals surface area contributed by atoms with Crippen molar-refractivity contribution < 1.29 is 22.9 Å². The van der Waals surface area contributed by atoms with E-state index in [2.05, 4.69) is 15.5 Å². The predicted molar refractivity (Wildman–Crippen MR) is 140 cm³/mol. The maximum atomic E-state index is 16.6. The number of hydrogen-bond acceptors (Lipinski definition) is 7. The second-order valence-corrected chi connectivity index (χ2v) is 10.5. The topological polar surface area (TPSA) is 104 Å². The molecule has 9 nitrogen and oxygen atoms in total. The van der Waals surface area contributed by atoms with Gasteiger partial charge in [-0.2, -0.15) is 0 Å². The molecule has 0 unspecified atom stereocenters. The lowest BCUT2D eigenvalue weighted by Gasteiger charge is -2.31. The van der Waals surface area contributed by atoms with Gasteiger partial charge in [-0.15, -0.1) is 5.10 Å². The van der Waals surface area contributed by atoms with Crippen LogP contribution in [0.1, 0.15) is 59.6 Å². The highest BCUT2D eigenvalue weighted by Crippen LogP contribution is 2.43. The molecule has 1 fully saturated rings. The van der Waals surface area contributed by atoms with Gasteiger partial charge in [0.15, 0.2) is 5.82 Å². The molecule has 0 bridgehead atoms. The Balaban J connectivity index is 1.72. The molecular formula is C28H31FN6O3. The van der Waals surface area contributed by atoms with Crippen LogP contribution in [0.5, 0.6) is 0 Å². The van der Waals surface area contributed by atoms with Crippen LogP contribution in [-0.2, 0) is 17.4 Å². The Morgan fingerprint density at radius 2 is 2.03 bits per heavy atom. The van der Waals surface area contributed by atoms with Gasteiger partial charge in [-0.3, -0.25) is 4.98 Å². The summed E-state index contributed by atoms with van der Waals surface area (Å²) in [6, 6.07) is 6.56. The minimum Gasteiger partial charge on any atom is -0.386 e. The molecule has 0 spiro atoms. The lowest BCUT2D eigenvalue weighted by molar-refractivity contribution is 0.0542. The van der Waals surface area contributed by atoms with Gasteiger partial charge in [-0.25, -0.2) is 9.07 Å². The van der Waals surface area contributed by atoms with Crippen molar-refractivity contribution in [3.05, 3.63) is 59.0 Å². The summed E-state index contributed by atoms with van der Waals surface area (Å²) in [5.41, 5.74) is 1.37. The molecule has 198 valence electrons. The van der Waals surface area contributed by atoms with E-state index in [1.807, 2.05) is 17.6 Å². The van der Waals surface area contributed by atoms with Gasteiger partial charge in [-0.1, -0.05) is 22.5 Å². The van der Waals surface area contributed by atoms with Crippen molar-refractivity contribution in [3.8, 4) is 11.3 Å². The normalized spacial score (nSPS) is 17.6. The zero-order valence-electron chi connectivity index (χ0n) is 24.7. The standard InChI is InChI=1S/C28H31FN6O3/c1-15-12-21(32-38-15)26(17-8-10-37-11-9-17)35-22-13-18(25-16(2)31-33-34(25)5)14-30-24(22)19-6-7-20(28(3,4)36)23(29)27(19)35/h6-7,12-14,17,26,36H,8-11H2,1-5H3/t26-/m0/s1/i2D3. The first-order valence-electron chi connectivity index (χ1n) is 14.1. The van der Waals surface area contributed by atoms with E-state index in [4.69, 9.17) is 18.4 Å². The third-order valence-electron chi connectivity index (χ3n) is 7.44. The Bertz CT molecular complexity index is 1760. The minimum atomic E-state index is -2.50. The molecule has 6 rings (SSSR count). The Morgan fingerprint density at radius 3 is 2.71 bits per heavy atom. The highest BCUT2D eigenvalue weighted by Gasteiger charge is 2.34. The summed E-state index contributed by atoms with van der Waals surface area (Å²) >= 11 is 0. The van der Waals surface area contributed by atoms with Gasteiger partial charge in [0.05, 0.1) is 39.6 Å². The summed E-state index contributed by atoms with van der Waals surface area (Å²) in [5, 5.41) is 23.6. The minimum absolute atomic E-state index is 0.0252. The van der Waals surface area contributed by atoms with Crippen molar-refractivity contribution in [3.63, 3.8) is 0 Å². The molecule has 5 heterocycles. The number of fused-ring (bicyclic) bond motifs is 3. The number of ether oxygens (including phenoxy) is 1. The van der Waals surface area contributed by atoms with Crippen LogP contribution in [0.3, 0.4) is 0 Å². The highest BCUT2D eigenvalue weighted by atomic mass is 19.1. The molecule has 1 aromatic carbocycles. The molecule has 5 aromatic rings. The van der Waals surface area contributed by atoms with E-state index in [0.717, 1.165) is 0 Å². The van der Waals surface area contributed by atoms with Crippen LogP contribution in [0.2, 0.25) is 0 Å². The van der Waals surface area contributed by atoms with Crippen LogP contribution in [-0.4, -0.2) is 48.0 Å². The van der Waals surface area contributed by atoms with Crippen molar-refractivity contribution >= 4 is 21.9 Å². The first kappa shape index (κ1) is 21.3. The molecule has 1 aliphatic rings. The number of nitrogens with zero attached hydrogens (tertiary/aromatic N) is 6. The summed E-state index contributed by atoms with van der Waals surface area (Å²) in [7, 11) is 1.62. The fourth-order valence-corrected chi connectivity index (χ4v) is 5.67. The zero-order valence-corrected chi connectivity index (χ0v) is 21.7. The van der Waals surface area contributed by atoms with E-state index in [9.17, 15) is 5.11 Å². The van der Waals surface area contributed by atoms with E-state index in [0.29, 0.717) is 65.2 Å². The molecule has 1 N–H and O–H groups in total. The predicted octanol–water partition coefficient (Wildman–Crippen LogP) is 4.97. The van der Waals surface area contributed by atoms with Crippen molar-refractivity contribution in [2.45, 2.75) is 52.1 Å². The quantitative estimate of drug-likeness (QED) is 0.348. The van der Waals surface area contributed by atoms with Crippen LogP contribution >= 0.6 is 0 Å². The Kier molecular flexibility index (Phi) is 5.04. The number of aromatic nitrogens is 6. The number of rotatable bonds is 5. The fourth-order valence-electron chi connectivity index (χ4n) is 5.67. The summed E-state index contributed by atoms with van der Waals surface area (Å²) in [6.45, 7) is 3.51. The first-order valence-corrected chi connectivity index (χ1v) is 12.6. The number of aliphatic hydroxyl groups is 1. The second-order valence-electron chi connectivity index (χ2n) is 10.5. The Hall–Kier alpha value is -3.63. The number of halogens is 1. The van der Waals surface area contributed by atoms with Gasteiger partial charge in [-0.05, 0) is 52.4 Å². The zero-order chi connectivity index (χ0) is 29.3. The van der Waals surface area contributed by atoms with Gasteiger partial charge >= 0.3 is 0 Å². The van der Waals surface area contributed by atoms with Crippen molar-refractivity contribution in [1.29, 1.82) is 0 Å². The average Bonchev–Trinajstić information content (AvgIpc) is 3.60. The molecule has 10 heteroatoms. The average molecular weight is 522 g/mol. The number of pyridine rings is 1. The molecule has 0 saturated carbocycles. The van der Waals surface area contributed by atoms with E-state index < -0.39 is 24.3 Å². The molecule has 0 aliphatic carbocycles. The van der Waals surface area contributed by atoms with Crippen LogP contribution in [0.4, 0.5) is 4.39 Å². The first-order chi connectivity index (χ1) is 19.4. The molecule has 0 radical (unpaired) electrons. The van der Waals surface area contributed by atoms with E-state index >= 15 is 4.39 Å². The summed E-state index contributed by atoms with van der Waals surface area (Å²) in [5.74, 6) is 0.0898. The van der Waals surface area contributed by atoms with Crippen molar-refractivity contribution in [2.75, 3.05) is 13.2 Å². The van der Waals surface area contributed by atoms with Crippen molar-refractivity contribution in [2.24, 2.45) is 13.0 Å². The lowest BCUT2D eigenvalue weighted by atomic mass is 9.89. The van der Waals surface area contributed by atoms with Gasteiger partial charge in [0, 0.05) is 53.2 Å². The van der Waals surface area contributed by atoms with Crippen LogP contribution in [0.25, 0.3) is 33.2 Å². The highest BCUT2D eigenvalue weighted by molar-refractivity contribution is 6.07. The molecule has 38 heavy (non-hydrogen) atoms. The molecule has 1 aliphatic heterocycles. The molecule has 0 amide bonds. The van der Waals surface area contributed by atoms with Gasteiger partial charge in [0.25, 0.3) is 0 Å². The summed E-state index contributed by atoms with van der Waals surface area (Å²) in [4.78, 5) is 4.74. The van der Waals surface area contributed by atoms with E-state index in [1.54, 1.807) is 45.3 Å². The number of aryl methyl sites for hydroxylation is 3. The second kappa shape index (κ2) is 8.99. The maximum Gasteiger partial charge on any atom is 0.153 e.